The molecule has 0 aliphatic carbocycles. The number of aliphatic hydroxyl groups is 1. The van der Waals surface area contributed by atoms with E-state index < -0.39 is 6.10 Å². The molecule has 516 valence electrons. The molecule has 5 fully saturated rings. The molecule has 0 spiro atoms. The smallest absolute Gasteiger partial charge is 0.311 e. The second kappa shape index (κ2) is 51.6. The normalized spacial score (nSPS) is 24.3. The first-order valence-corrected chi connectivity index (χ1v) is 31.1. The van der Waals surface area contributed by atoms with Gasteiger partial charge in [-0.25, -0.2) is 0 Å². The van der Waals surface area contributed by atoms with Crippen molar-refractivity contribution in [3.05, 3.63) is 22.3 Å². The minimum Gasteiger partial charge on any atom is -0.460 e. The largest absolute Gasteiger partial charge is 0.460 e. The van der Waals surface area contributed by atoms with Gasteiger partial charge in [-0.2, -0.15) is 0 Å². The van der Waals surface area contributed by atoms with Crippen molar-refractivity contribution in [3.63, 3.8) is 0 Å². The number of carbonyl (C=O) groups is 5. The monoisotopic (exact) mass is 1240 g/mol. The van der Waals surface area contributed by atoms with Crippen molar-refractivity contribution < 1.29 is 90.2 Å². The zero-order chi connectivity index (χ0) is 60.9. The van der Waals surface area contributed by atoms with Crippen LogP contribution in [0.5, 0.6) is 0 Å². The van der Waals surface area contributed by atoms with Gasteiger partial charge in [-0.1, -0.05) is 63.3 Å². The van der Waals surface area contributed by atoms with Gasteiger partial charge in [0.25, 0.3) is 0 Å². The fourth-order valence-electron chi connectivity index (χ4n) is 10.2. The number of carbonyl (C=O) groups excluding carboxylic acids is 5. The number of hydrogen-bond donors (Lipinski definition) is 5. The maximum Gasteiger partial charge on any atom is 0.311 e. The molecule has 0 aromatic carbocycles. The maximum atomic E-state index is 11.4. The van der Waals surface area contributed by atoms with Gasteiger partial charge in [-0.05, 0) is 48.0 Å². The maximum absolute atomic E-state index is 11.4. The predicted octanol–water partition coefficient (Wildman–Crippen LogP) is 4.08. The summed E-state index contributed by atoms with van der Waals surface area (Å²) in [6, 6.07) is 1.07. The molecule has 5 rings (SSSR count). The Kier molecular flexibility index (Phi) is 55.0. The van der Waals surface area contributed by atoms with Crippen LogP contribution in [0.3, 0.4) is 0 Å². The van der Waals surface area contributed by atoms with E-state index in [0.717, 1.165) is 144 Å². The molecule has 5 aliphatic heterocycles. The van der Waals surface area contributed by atoms with Gasteiger partial charge in [0.1, 0.15) is 78.4 Å². The van der Waals surface area contributed by atoms with Crippen LogP contribution in [0.1, 0.15) is 143 Å². The number of likely N-dealkylation sites (N-methyl/N-ethyl adjacent to an activating group) is 2. The number of quaternary nitrogens is 5. The third kappa shape index (κ3) is 47.9. The van der Waals surface area contributed by atoms with Crippen LogP contribution in [0, 0.1) is 34.1 Å². The summed E-state index contributed by atoms with van der Waals surface area (Å²) in [4.78, 5) is 58.6. The summed E-state index contributed by atoms with van der Waals surface area (Å²) >= 11 is 0. The van der Waals surface area contributed by atoms with Crippen molar-refractivity contribution in [1.29, 1.82) is 0 Å². The van der Waals surface area contributed by atoms with Crippen molar-refractivity contribution in [2.45, 2.75) is 180 Å². The number of ether oxygens (including phenoxy) is 8. The van der Waals surface area contributed by atoms with E-state index in [2.05, 4.69) is 101 Å². The van der Waals surface area contributed by atoms with Gasteiger partial charge in [0, 0.05) is 37.0 Å². The highest BCUT2D eigenvalue weighted by Crippen LogP contribution is 2.17. The van der Waals surface area contributed by atoms with E-state index in [1.807, 2.05) is 13.8 Å². The number of rotatable bonds is 25. The highest BCUT2D eigenvalue weighted by Gasteiger charge is 2.34. The topological polar surface area (TPSA) is 212 Å². The van der Waals surface area contributed by atoms with E-state index in [1.54, 1.807) is 0 Å². The fourth-order valence-corrected chi connectivity index (χ4v) is 10.2. The van der Waals surface area contributed by atoms with Gasteiger partial charge >= 0.3 is 29.8 Å². The number of cyclic esters (lactones) is 5. The summed E-state index contributed by atoms with van der Waals surface area (Å²) in [5.74, 6) is 0.717. The highest BCUT2D eigenvalue weighted by molar-refractivity contribution is 5.70. The Hall–Kier alpha value is -3.09. The SMILES string of the molecule is C.C.CC(C)NCC[N+]1(C)CCOC(=O)CC1.CC(C)NCC[NH+]1CCOC(=O)CC1.CC(COC(C)C)C[N+]1(C)CCOC(=O)CC1.CC(COC(C)C)C[NH+]1CCOC(=O)CC1.CCC[N+]1(CC(O)COC(C)C)CCOC(=O)CC1.[CH3-].[CH3-].[CH3-]. The Bertz CT molecular complexity index is 1720. The zero-order valence-corrected chi connectivity index (χ0v) is 56.8. The molecule has 0 aromatic rings. The molecule has 5 saturated heterocycles. The average molecular weight is 1240 g/mol. The van der Waals surface area contributed by atoms with Crippen molar-refractivity contribution in [1.82, 2.24) is 10.6 Å². The van der Waals surface area contributed by atoms with E-state index in [9.17, 15) is 29.1 Å². The Morgan fingerprint density at radius 1 is 0.477 bits per heavy atom. The van der Waals surface area contributed by atoms with E-state index >= 15 is 0 Å². The first kappa shape index (κ1) is 91.6. The molecular weight excluding hydrogens is 1100 g/mol. The minimum absolute atomic E-state index is 0. The van der Waals surface area contributed by atoms with Crippen LogP contribution in [0.2, 0.25) is 0 Å². The third-order valence-corrected chi connectivity index (χ3v) is 14.9. The van der Waals surface area contributed by atoms with Crippen molar-refractivity contribution in [3.8, 4) is 0 Å². The number of hydrogen-bond acceptors (Lipinski definition) is 16. The van der Waals surface area contributed by atoms with E-state index in [4.69, 9.17) is 37.9 Å². The lowest BCUT2D eigenvalue weighted by Crippen LogP contribution is -3.13. The number of nitrogens with zero attached hydrogens (tertiary/aromatic N) is 3. The summed E-state index contributed by atoms with van der Waals surface area (Å²) in [6.07, 6.45) is 3.91. The first-order valence-electron chi connectivity index (χ1n) is 31.1. The lowest BCUT2D eigenvalue weighted by molar-refractivity contribution is -0.929. The molecule has 0 saturated carbocycles. The predicted molar refractivity (Wildman–Crippen MR) is 347 cm³/mol. The molecule has 0 bridgehead atoms. The van der Waals surface area contributed by atoms with Crippen molar-refractivity contribution >= 4 is 29.8 Å². The number of nitrogens with one attached hydrogen (secondary N) is 4. The Morgan fingerprint density at radius 2 is 0.884 bits per heavy atom. The molecule has 0 aromatic heterocycles. The molecule has 5 aliphatic rings. The highest BCUT2D eigenvalue weighted by atomic mass is 16.6. The standard InChI is InChI=1S/C14H28NO4.C13H26NO3.C12H23NO3.C11H23N2O2.C10H20N2O2.2CH4.3CH3/c1-4-6-15(7-5-14(17)18-9-8-15)10-13(16)11-19-12(2)3;1-11(2)17-10-12(3)9-14(4)6-5-13(15)16-8-7-14;1-10(2)16-9-11(3)8-13-5-4-12(14)15-7-6-13;1-10(2)12-5-7-13(3)6-4-11(14)15-9-8-13;1-9(2)11-4-6-12-5-3-10(13)14-8-7-12;;;;;/h12-13,16H,4-11H2,1-3H3;11-12H,5-10H2,1-4H3;10-11H,4-9H2,1-3H3;10,12H,4-9H2,1-3H3;9,11H,3-8H2,1-2H3;2*1H4;3*1H3/q2*+1;;+1;;;;3*-1/p+2. The number of aliphatic hydroxyl groups excluding tert-OH is 1. The molecule has 86 heavy (non-hydrogen) atoms. The molecule has 0 amide bonds. The van der Waals surface area contributed by atoms with Gasteiger partial charge in [-0.3, -0.25) is 24.0 Å². The molecule has 8 unspecified atom stereocenters. The van der Waals surface area contributed by atoms with Crippen molar-refractivity contribution in [2.75, 3.05) is 185 Å². The van der Waals surface area contributed by atoms with Gasteiger partial charge in [0.2, 0.25) is 0 Å². The molecular formula is C65H139N7O14+2. The summed E-state index contributed by atoms with van der Waals surface area (Å²) in [7, 11) is 4.40. The van der Waals surface area contributed by atoms with Crippen LogP contribution >= 0.6 is 0 Å². The quantitative estimate of drug-likeness (QED) is 0.0377. The molecule has 8 atom stereocenters. The Balaban J connectivity index is -0.000000314. The number of esters is 5. The van der Waals surface area contributed by atoms with Gasteiger partial charge in [0.05, 0.1) is 150 Å². The Morgan fingerprint density at radius 3 is 1.38 bits per heavy atom. The lowest BCUT2D eigenvalue weighted by atomic mass is 10.1. The summed E-state index contributed by atoms with van der Waals surface area (Å²) < 4.78 is 44.5. The first-order chi connectivity index (χ1) is 38.2. The van der Waals surface area contributed by atoms with E-state index in [0.29, 0.717) is 108 Å². The van der Waals surface area contributed by atoms with Crippen LogP contribution in [-0.2, 0) is 61.9 Å². The van der Waals surface area contributed by atoms with E-state index in [-0.39, 0.29) is 79.2 Å². The summed E-state index contributed by atoms with van der Waals surface area (Å²) in [6.45, 7) is 48.7. The molecule has 21 nitrogen and oxygen atoms in total. The fraction of sp³-hybridized carbons (Fsp3) is 0.877. The summed E-state index contributed by atoms with van der Waals surface area (Å²) in [5, 5.41) is 16.9. The Labute approximate surface area is 527 Å². The van der Waals surface area contributed by atoms with Crippen molar-refractivity contribution in [2.24, 2.45) is 11.8 Å². The van der Waals surface area contributed by atoms with Gasteiger partial charge in [0.15, 0.2) is 0 Å². The van der Waals surface area contributed by atoms with Gasteiger partial charge < -0.3 is 99.2 Å². The minimum atomic E-state index is -0.484. The van der Waals surface area contributed by atoms with Crippen LogP contribution in [0.15, 0.2) is 0 Å². The van der Waals surface area contributed by atoms with Crippen LogP contribution in [0.25, 0.3) is 0 Å². The van der Waals surface area contributed by atoms with Crippen LogP contribution in [0.4, 0.5) is 0 Å². The van der Waals surface area contributed by atoms with Gasteiger partial charge in [-0.15, -0.1) is 0 Å². The van der Waals surface area contributed by atoms with Crippen LogP contribution < -0.4 is 20.4 Å². The van der Waals surface area contributed by atoms with E-state index in [1.165, 1.54) is 9.80 Å². The summed E-state index contributed by atoms with van der Waals surface area (Å²) in [5.41, 5.74) is 0. The molecule has 5 N–H and O–H groups in total. The second-order valence-corrected chi connectivity index (χ2v) is 25.3. The second-order valence-electron chi connectivity index (χ2n) is 25.3. The molecule has 5 heterocycles. The van der Waals surface area contributed by atoms with Crippen LogP contribution in [-0.4, -0.2) is 270 Å². The molecule has 0 radical (unpaired) electrons. The average Bonchev–Trinajstić information content (AvgIpc) is 4.13. The molecule has 21 heteroatoms. The zero-order valence-electron chi connectivity index (χ0n) is 56.8. The lowest BCUT2D eigenvalue weighted by Gasteiger charge is -2.38. The third-order valence-electron chi connectivity index (χ3n) is 14.9.